The third-order valence-corrected chi connectivity index (χ3v) is 2.53. The summed E-state index contributed by atoms with van der Waals surface area (Å²) >= 11 is 0. The molecule has 0 saturated carbocycles. The highest BCUT2D eigenvalue weighted by molar-refractivity contribution is 5.54. The van der Waals surface area contributed by atoms with Gasteiger partial charge in [0.25, 0.3) is 5.89 Å². The average molecular weight is 221 g/mol. The number of aryl methyl sites for hydroxylation is 1. The summed E-state index contributed by atoms with van der Waals surface area (Å²) in [6.07, 6.45) is 3.14. The van der Waals surface area contributed by atoms with Crippen LogP contribution in [-0.2, 0) is 6.42 Å². The second-order valence-electron chi connectivity index (χ2n) is 3.78. The Morgan fingerprint density at radius 2 is 2.31 bits per heavy atom. The third-order valence-electron chi connectivity index (χ3n) is 2.53. The van der Waals surface area contributed by atoms with Crippen molar-refractivity contribution in [3.05, 3.63) is 23.9 Å². The van der Waals surface area contributed by atoms with Crippen molar-refractivity contribution < 1.29 is 8.94 Å². The Balaban J connectivity index is 2.17. The molecule has 0 aliphatic carbocycles. The molecule has 2 rings (SSSR count). The quantitative estimate of drug-likeness (QED) is 0.853. The van der Waals surface area contributed by atoms with Gasteiger partial charge >= 0.3 is 0 Å². The normalized spacial score (nSPS) is 12.9. The molecule has 16 heavy (non-hydrogen) atoms. The topological polar surface area (TPSA) is 78.1 Å². The fraction of sp³-hybridized carbons (Fsp3) is 0.455. The number of furan rings is 1. The highest BCUT2D eigenvalue weighted by Gasteiger charge is 2.14. The third kappa shape index (κ3) is 2.14. The summed E-state index contributed by atoms with van der Waals surface area (Å²) in [5.41, 5.74) is 6.66. The fourth-order valence-corrected chi connectivity index (χ4v) is 1.43. The Hall–Kier alpha value is -1.62. The van der Waals surface area contributed by atoms with Crippen molar-refractivity contribution in [3.8, 4) is 11.5 Å². The minimum atomic E-state index is 0.0795. The molecule has 2 heterocycles. The van der Waals surface area contributed by atoms with Gasteiger partial charge in [-0.05, 0) is 19.4 Å². The van der Waals surface area contributed by atoms with Crippen LogP contribution in [0.25, 0.3) is 11.5 Å². The van der Waals surface area contributed by atoms with Crippen LogP contribution in [0.4, 0.5) is 0 Å². The number of hydrogen-bond donors (Lipinski definition) is 1. The average Bonchev–Trinajstić information content (AvgIpc) is 2.86. The zero-order chi connectivity index (χ0) is 11.5. The predicted molar refractivity (Wildman–Crippen MR) is 58.7 cm³/mol. The number of hydrogen-bond acceptors (Lipinski definition) is 5. The molecule has 0 aromatic carbocycles. The summed E-state index contributed by atoms with van der Waals surface area (Å²) in [6.45, 7) is 3.89. The summed E-state index contributed by atoms with van der Waals surface area (Å²) in [7, 11) is 0. The van der Waals surface area contributed by atoms with Crippen LogP contribution in [0.2, 0.25) is 0 Å². The van der Waals surface area contributed by atoms with Gasteiger partial charge in [-0.1, -0.05) is 12.1 Å². The molecular weight excluding hydrogens is 206 g/mol. The van der Waals surface area contributed by atoms with E-state index >= 15 is 0 Å². The lowest BCUT2D eigenvalue weighted by Gasteiger charge is -2.02. The number of aromatic nitrogens is 2. The van der Waals surface area contributed by atoms with Gasteiger partial charge in [0.2, 0.25) is 0 Å². The monoisotopic (exact) mass is 221 g/mol. The van der Waals surface area contributed by atoms with E-state index in [1.807, 2.05) is 19.9 Å². The van der Waals surface area contributed by atoms with Gasteiger partial charge in [0.05, 0.1) is 11.8 Å². The first kappa shape index (κ1) is 10.9. The molecule has 0 saturated heterocycles. The fourth-order valence-electron chi connectivity index (χ4n) is 1.43. The van der Waals surface area contributed by atoms with Crippen LogP contribution in [0.15, 0.2) is 21.3 Å². The molecule has 5 heteroatoms. The van der Waals surface area contributed by atoms with E-state index in [0.29, 0.717) is 18.1 Å². The zero-order valence-electron chi connectivity index (χ0n) is 9.43. The van der Waals surface area contributed by atoms with E-state index in [2.05, 4.69) is 10.1 Å². The zero-order valence-corrected chi connectivity index (χ0v) is 9.43. The van der Waals surface area contributed by atoms with Crippen molar-refractivity contribution in [2.75, 3.05) is 0 Å². The number of nitrogens with zero attached hydrogens (tertiary/aromatic N) is 2. The van der Waals surface area contributed by atoms with Crippen molar-refractivity contribution in [3.63, 3.8) is 0 Å². The second-order valence-corrected chi connectivity index (χ2v) is 3.78. The van der Waals surface area contributed by atoms with Crippen LogP contribution in [0.5, 0.6) is 0 Å². The Morgan fingerprint density at radius 3 is 2.94 bits per heavy atom. The SMILES string of the molecule is CCC(N)Cc1noc(-c2ccoc2C)n1. The van der Waals surface area contributed by atoms with E-state index in [1.165, 1.54) is 0 Å². The first-order chi connectivity index (χ1) is 7.70. The van der Waals surface area contributed by atoms with Crippen LogP contribution in [0.1, 0.15) is 24.9 Å². The molecule has 0 fully saturated rings. The Labute approximate surface area is 93.6 Å². The van der Waals surface area contributed by atoms with Gasteiger partial charge in [-0.25, -0.2) is 0 Å². The van der Waals surface area contributed by atoms with E-state index in [9.17, 15) is 0 Å². The van der Waals surface area contributed by atoms with Gasteiger partial charge in [-0.3, -0.25) is 0 Å². The maximum absolute atomic E-state index is 5.82. The van der Waals surface area contributed by atoms with Gasteiger partial charge < -0.3 is 14.7 Å². The Bertz CT molecular complexity index is 461. The van der Waals surface area contributed by atoms with Crippen LogP contribution < -0.4 is 5.73 Å². The standard InChI is InChI=1S/C11H15N3O2/c1-3-8(12)6-10-13-11(16-14-10)9-4-5-15-7(9)2/h4-5,8H,3,6,12H2,1-2H3. The van der Waals surface area contributed by atoms with E-state index in [4.69, 9.17) is 14.7 Å². The van der Waals surface area contributed by atoms with Gasteiger partial charge in [0.1, 0.15) is 5.76 Å². The number of rotatable bonds is 4. The molecule has 5 nitrogen and oxygen atoms in total. The lowest BCUT2D eigenvalue weighted by molar-refractivity contribution is 0.418. The van der Waals surface area contributed by atoms with Crippen LogP contribution in [-0.4, -0.2) is 16.2 Å². The molecule has 0 spiro atoms. The summed E-state index contributed by atoms with van der Waals surface area (Å²) < 4.78 is 10.3. The minimum absolute atomic E-state index is 0.0795. The molecule has 0 radical (unpaired) electrons. The van der Waals surface area contributed by atoms with Gasteiger partial charge in [0.15, 0.2) is 5.82 Å². The summed E-state index contributed by atoms with van der Waals surface area (Å²) in [4.78, 5) is 4.28. The predicted octanol–water partition coefficient (Wildman–Crippen LogP) is 1.92. The molecule has 1 atom stereocenters. The smallest absolute Gasteiger partial charge is 0.261 e. The van der Waals surface area contributed by atoms with Gasteiger partial charge in [-0.2, -0.15) is 4.98 Å². The first-order valence-corrected chi connectivity index (χ1v) is 5.33. The Morgan fingerprint density at radius 1 is 1.50 bits per heavy atom. The highest BCUT2D eigenvalue weighted by Crippen LogP contribution is 2.22. The number of nitrogens with two attached hydrogens (primary N) is 1. The van der Waals surface area contributed by atoms with Crippen molar-refractivity contribution in [2.24, 2.45) is 5.73 Å². The molecule has 0 aliphatic rings. The van der Waals surface area contributed by atoms with Crippen LogP contribution >= 0.6 is 0 Å². The molecule has 2 aromatic heterocycles. The van der Waals surface area contributed by atoms with Gasteiger partial charge in [-0.15, -0.1) is 0 Å². The maximum atomic E-state index is 5.82. The van der Waals surface area contributed by atoms with E-state index in [0.717, 1.165) is 17.7 Å². The second kappa shape index (κ2) is 4.49. The lowest BCUT2D eigenvalue weighted by Crippen LogP contribution is -2.21. The first-order valence-electron chi connectivity index (χ1n) is 5.33. The van der Waals surface area contributed by atoms with E-state index in [1.54, 1.807) is 6.26 Å². The van der Waals surface area contributed by atoms with Crippen molar-refractivity contribution in [1.29, 1.82) is 0 Å². The van der Waals surface area contributed by atoms with E-state index < -0.39 is 0 Å². The Kier molecular flexibility index (Phi) is 3.05. The van der Waals surface area contributed by atoms with Crippen molar-refractivity contribution in [2.45, 2.75) is 32.7 Å². The lowest BCUT2D eigenvalue weighted by atomic mass is 10.1. The molecular formula is C11H15N3O2. The largest absolute Gasteiger partial charge is 0.469 e. The summed E-state index contributed by atoms with van der Waals surface area (Å²) in [5, 5.41) is 3.89. The highest BCUT2D eigenvalue weighted by atomic mass is 16.5. The molecule has 0 bridgehead atoms. The molecule has 2 N–H and O–H groups in total. The molecule has 1 unspecified atom stereocenters. The maximum Gasteiger partial charge on any atom is 0.261 e. The molecule has 86 valence electrons. The van der Waals surface area contributed by atoms with Crippen LogP contribution in [0.3, 0.4) is 0 Å². The summed E-state index contributed by atoms with van der Waals surface area (Å²) in [6, 6.07) is 1.89. The minimum Gasteiger partial charge on any atom is -0.469 e. The summed E-state index contributed by atoms with van der Waals surface area (Å²) in [5.74, 6) is 1.91. The molecule has 0 aliphatic heterocycles. The van der Waals surface area contributed by atoms with Crippen molar-refractivity contribution in [1.82, 2.24) is 10.1 Å². The van der Waals surface area contributed by atoms with Crippen LogP contribution in [0, 0.1) is 6.92 Å². The molecule has 0 amide bonds. The van der Waals surface area contributed by atoms with Gasteiger partial charge in [0, 0.05) is 12.5 Å². The molecule has 2 aromatic rings. The van der Waals surface area contributed by atoms with Crippen molar-refractivity contribution >= 4 is 0 Å². The van der Waals surface area contributed by atoms with E-state index in [-0.39, 0.29) is 6.04 Å².